The number of carbonyl (C=O) groups is 1. The summed E-state index contributed by atoms with van der Waals surface area (Å²) >= 11 is 0. The van der Waals surface area contributed by atoms with E-state index in [2.05, 4.69) is 17.1 Å². The van der Waals surface area contributed by atoms with Crippen molar-refractivity contribution in [1.29, 1.82) is 0 Å². The van der Waals surface area contributed by atoms with E-state index in [1.165, 1.54) is 0 Å². The third-order valence-electron chi connectivity index (χ3n) is 4.89. The predicted molar refractivity (Wildman–Crippen MR) is 110 cm³/mol. The quantitative estimate of drug-likeness (QED) is 0.481. The number of fused-ring (bicyclic) bond motifs is 2. The average Bonchev–Trinajstić information content (AvgIpc) is 3.06. The zero-order valence-corrected chi connectivity index (χ0v) is 16.0. The standard InChI is InChI=1S/C23H22N2O2/c1-5-25(20-11-15(3)6-8-16(20)4)23(26)21-13-18-12-17-9-7-14(2)10-19(17)24-22(18)27-21/h6-13H,5H2,1-4H3. The lowest BCUT2D eigenvalue weighted by atomic mass is 10.1. The molecule has 2 aromatic carbocycles. The summed E-state index contributed by atoms with van der Waals surface area (Å²) in [7, 11) is 0. The SMILES string of the molecule is CCN(C(=O)c1cc2cc3ccc(C)cc3nc2o1)c1cc(C)ccc1C. The Balaban J connectivity index is 1.79. The van der Waals surface area contributed by atoms with Gasteiger partial charge >= 0.3 is 0 Å². The Morgan fingerprint density at radius 1 is 0.963 bits per heavy atom. The second-order valence-corrected chi connectivity index (χ2v) is 7.03. The van der Waals surface area contributed by atoms with E-state index >= 15 is 0 Å². The van der Waals surface area contributed by atoms with E-state index in [1.807, 2.05) is 58.0 Å². The van der Waals surface area contributed by atoms with E-state index < -0.39 is 0 Å². The van der Waals surface area contributed by atoms with E-state index in [0.717, 1.165) is 38.7 Å². The van der Waals surface area contributed by atoms with Crippen molar-refractivity contribution in [2.75, 3.05) is 11.4 Å². The summed E-state index contributed by atoms with van der Waals surface area (Å²) in [4.78, 5) is 19.5. The Morgan fingerprint density at radius 2 is 1.70 bits per heavy atom. The number of hydrogen-bond donors (Lipinski definition) is 0. The van der Waals surface area contributed by atoms with Crippen molar-refractivity contribution < 1.29 is 9.21 Å². The van der Waals surface area contributed by atoms with Crippen molar-refractivity contribution in [1.82, 2.24) is 4.98 Å². The molecule has 4 nitrogen and oxygen atoms in total. The average molecular weight is 358 g/mol. The number of furan rings is 1. The lowest BCUT2D eigenvalue weighted by Crippen LogP contribution is -2.31. The molecule has 4 rings (SSSR count). The van der Waals surface area contributed by atoms with Gasteiger partial charge in [0.15, 0.2) is 5.76 Å². The number of benzene rings is 2. The van der Waals surface area contributed by atoms with Crippen LogP contribution in [0.1, 0.15) is 34.2 Å². The Hall–Kier alpha value is -3.14. The van der Waals surface area contributed by atoms with Crippen LogP contribution in [0, 0.1) is 20.8 Å². The molecule has 27 heavy (non-hydrogen) atoms. The molecular formula is C23H22N2O2. The molecule has 0 saturated carbocycles. The number of hydrogen-bond acceptors (Lipinski definition) is 3. The summed E-state index contributed by atoms with van der Waals surface area (Å²) in [6.45, 7) is 8.61. The van der Waals surface area contributed by atoms with Crippen molar-refractivity contribution >= 4 is 33.6 Å². The minimum absolute atomic E-state index is 0.149. The zero-order chi connectivity index (χ0) is 19.1. The molecule has 0 saturated heterocycles. The Morgan fingerprint density at radius 3 is 2.48 bits per heavy atom. The van der Waals surface area contributed by atoms with Crippen molar-refractivity contribution in [2.24, 2.45) is 0 Å². The van der Waals surface area contributed by atoms with Crippen molar-refractivity contribution in [3.05, 3.63) is 71.0 Å². The summed E-state index contributed by atoms with van der Waals surface area (Å²) in [6.07, 6.45) is 0. The van der Waals surface area contributed by atoms with Crippen LogP contribution in [0.2, 0.25) is 0 Å². The van der Waals surface area contributed by atoms with Gasteiger partial charge in [-0.15, -0.1) is 0 Å². The molecule has 0 fully saturated rings. The number of carbonyl (C=O) groups excluding carboxylic acids is 1. The number of rotatable bonds is 3. The van der Waals surface area contributed by atoms with Crippen molar-refractivity contribution in [3.63, 3.8) is 0 Å². The fourth-order valence-corrected chi connectivity index (χ4v) is 3.41. The second kappa shape index (κ2) is 6.54. The molecule has 1 amide bonds. The first kappa shape index (κ1) is 17.3. The molecule has 0 unspecified atom stereocenters. The van der Waals surface area contributed by atoms with Crippen LogP contribution in [0.3, 0.4) is 0 Å². The fourth-order valence-electron chi connectivity index (χ4n) is 3.41. The molecule has 136 valence electrons. The molecule has 2 aromatic heterocycles. The fraction of sp³-hybridized carbons (Fsp3) is 0.217. The van der Waals surface area contributed by atoms with Gasteiger partial charge < -0.3 is 9.32 Å². The summed E-state index contributed by atoms with van der Waals surface area (Å²) in [5, 5.41) is 1.88. The van der Waals surface area contributed by atoms with Gasteiger partial charge in [0, 0.05) is 23.0 Å². The first-order valence-electron chi connectivity index (χ1n) is 9.16. The van der Waals surface area contributed by atoms with Crippen LogP contribution >= 0.6 is 0 Å². The largest absolute Gasteiger partial charge is 0.433 e. The van der Waals surface area contributed by atoms with Gasteiger partial charge in [0.05, 0.1) is 5.52 Å². The van der Waals surface area contributed by atoms with Gasteiger partial charge in [-0.1, -0.05) is 24.3 Å². The van der Waals surface area contributed by atoms with Gasteiger partial charge in [0.1, 0.15) is 0 Å². The van der Waals surface area contributed by atoms with Crippen molar-refractivity contribution in [2.45, 2.75) is 27.7 Å². The van der Waals surface area contributed by atoms with Crippen LogP contribution in [0.5, 0.6) is 0 Å². The van der Waals surface area contributed by atoms with E-state index in [0.29, 0.717) is 18.0 Å². The summed E-state index contributed by atoms with van der Waals surface area (Å²) in [6, 6.07) is 16.1. The van der Waals surface area contributed by atoms with Crippen LogP contribution in [0.15, 0.2) is 52.9 Å². The molecule has 0 bridgehead atoms. The highest BCUT2D eigenvalue weighted by Gasteiger charge is 2.22. The third kappa shape index (κ3) is 3.08. The smallest absolute Gasteiger partial charge is 0.294 e. The maximum atomic E-state index is 13.2. The number of anilines is 1. The van der Waals surface area contributed by atoms with Gasteiger partial charge in [0.25, 0.3) is 5.91 Å². The summed E-state index contributed by atoms with van der Waals surface area (Å²) < 4.78 is 5.85. The molecule has 4 heteroatoms. The van der Waals surface area contributed by atoms with Crippen molar-refractivity contribution in [3.8, 4) is 0 Å². The maximum absolute atomic E-state index is 13.2. The van der Waals surface area contributed by atoms with Crippen LogP contribution < -0.4 is 4.90 Å². The topological polar surface area (TPSA) is 46.3 Å². The molecule has 0 aliphatic rings. The highest BCUT2D eigenvalue weighted by molar-refractivity contribution is 6.07. The molecule has 0 atom stereocenters. The first-order valence-corrected chi connectivity index (χ1v) is 9.16. The Labute approximate surface area is 158 Å². The zero-order valence-electron chi connectivity index (χ0n) is 16.0. The molecule has 4 aromatic rings. The number of pyridine rings is 1. The maximum Gasteiger partial charge on any atom is 0.294 e. The number of aromatic nitrogens is 1. The minimum Gasteiger partial charge on any atom is -0.433 e. The highest BCUT2D eigenvalue weighted by Crippen LogP contribution is 2.27. The Bertz CT molecular complexity index is 1170. The minimum atomic E-state index is -0.149. The summed E-state index contributed by atoms with van der Waals surface area (Å²) in [5.41, 5.74) is 5.60. The van der Waals surface area contributed by atoms with Crippen LogP contribution in [0.4, 0.5) is 5.69 Å². The van der Waals surface area contributed by atoms with E-state index in [9.17, 15) is 4.79 Å². The highest BCUT2D eigenvalue weighted by atomic mass is 16.4. The van der Waals surface area contributed by atoms with E-state index in [1.54, 1.807) is 11.0 Å². The number of aryl methyl sites for hydroxylation is 3. The van der Waals surface area contributed by atoms with Gasteiger partial charge in [0.2, 0.25) is 5.71 Å². The predicted octanol–water partition coefficient (Wildman–Crippen LogP) is 5.57. The molecule has 0 aliphatic carbocycles. The summed E-state index contributed by atoms with van der Waals surface area (Å²) in [5.74, 6) is 0.164. The molecule has 0 spiro atoms. The lowest BCUT2D eigenvalue weighted by molar-refractivity contribution is 0.0963. The van der Waals surface area contributed by atoms with E-state index in [-0.39, 0.29) is 5.91 Å². The van der Waals surface area contributed by atoms with Gasteiger partial charge in [-0.25, -0.2) is 4.98 Å². The molecule has 0 aliphatic heterocycles. The number of nitrogens with zero attached hydrogens (tertiary/aromatic N) is 2. The molecular weight excluding hydrogens is 336 g/mol. The third-order valence-corrected chi connectivity index (χ3v) is 4.89. The molecule has 0 N–H and O–H groups in total. The Kier molecular flexibility index (Phi) is 4.19. The van der Waals surface area contributed by atoms with Gasteiger partial charge in [-0.05, 0) is 68.7 Å². The molecule has 2 heterocycles. The monoisotopic (exact) mass is 358 g/mol. The van der Waals surface area contributed by atoms with E-state index in [4.69, 9.17) is 4.42 Å². The number of amides is 1. The lowest BCUT2D eigenvalue weighted by Gasteiger charge is -2.22. The van der Waals surface area contributed by atoms with Gasteiger partial charge in [-0.2, -0.15) is 0 Å². The molecule has 0 radical (unpaired) electrons. The van der Waals surface area contributed by atoms with Crippen LogP contribution in [-0.4, -0.2) is 17.4 Å². The van der Waals surface area contributed by atoms with Gasteiger partial charge in [-0.3, -0.25) is 4.79 Å². The second-order valence-electron chi connectivity index (χ2n) is 7.03. The first-order chi connectivity index (χ1) is 13.0. The normalized spacial score (nSPS) is 11.3. The van der Waals surface area contributed by atoms with Crippen LogP contribution in [-0.2, 0) is 0 Å². The van der Waals surface area contributed by atoms with Crippen LogP contribution in [0.25, 0.3) is 22.0 Å².